The van der Waals surface area contributed by atoms with Crippen LogP contribution in [-0.4, -0.2) is 24.5 Å². The molecule has 2 unspecified atom stereocenters. The van der Waals surface area contributed by atoms with Gasteiger partial charge in [-0.2, -0.15) is 0 Å². The van der Waals surface area contributed by atoms with E-state index in [1.54, 1.807) is 0 Å². The average molecular weight is 270 g/mol. The normalized spacial score (nSPS) is 14.8. The van der Waals surface area contributed by atoms with Crippen LogP contribution in [0, 0.1) is 11.8 Å². The molecule has 19 heavy (non-hydrogen) atoms. The van der Waals surface area contributed by atoms with Gasteiger partial charge in [0.2, 0.25) is 0 Å². The smallest absolute Gasteiger partial charge is 0.000955 e. The van der Waals surface area contributed by atoms with Crippen LogP contribution in [0.2, 0.25) is 0 Å². The van der Waals surface area contributed by atoms with Gasteiger partial charge >= 0.3 is 0 Å². The van der Waals surface area contributed by atoms with Crippen LogP contribution in [0.15, 0.2) is 0 Å². The van der Waals surface area contributed by atoms with Crippen LogP contribution >= 0.6 is 0 Å². The number of unbranched alkanes of at least 4 members (excludes halogenated alkanes) is 2. The lowest BCUT2D eigenvalue weighted by Crippen LogP contribution is -2.33. The number of rotatable bonds is 13. The first-order valence-electron chi connectivity index (χ1n) is 8.93. The largest absolute Gasteiger partial charge is 0.303 e. The van der Waals surface area contributed by atoms with Crippen molar-refractivity contribution in [1.82, 2.24) is 4.90 Å². The SMILES string of the molecule is CCCCC(CC)CN(CC)CC(CC)CCCC. The number of nitrogens with zero attached hydrogens (tertiary/aromatic N) is 1. The molecule has 0 aromatic rings. The summed E-state index contributed by atoms with van der Waals surface area (Å²) in [5, 5.41) is 0. The summed E-state index contributed by atoms with van der Waals surface area (Å²) < 4.78 is 0. The van der Waals surface area contributed by atoms with E-state index in [2.05, 4.69) is 39.5 Å². The van der Waals surface area contributed by atoms with Gasteiger partial charge in [0, 0.05) is 13.1 Å². The minimum Gasteiger partial charge on any atom is -0.303 e. The lowest BCUT2D eigenvalue weighted by atomic mass is 9.96. The summed E-state index contributed by atoms with van der Waals surface area (Å²) in [6.45, 7) is 15.6. The third-order valence-corrected chi connectivity index (χ3v) is 4.57. The molecule has 0 bridgehead atoms. The number of hydrogen-bond donors (Lipinski definition) is 0. The van der Waals surface area contributed by atoms with Gasteiger partial charge in [-0.25, -0.2) is 0 Å². The minimum atomic E-state index is 0.920. The van der Waals surface area contributed by atoms with Crippen LogP contribution in [0.4, 0.5) is 0 Å². The van der Waals surface area contributed by atoms with Crippen molar-refractivity contribution in [3.8, 4) is 0 Å². The molecule has 0 aliphatic carbocycles. The lowest BCUT2D eigenvalue weighted by molar-refractivity contribution is 0.189. The summed E-state index contributed by atoms with van der Waals surface area (Å²) >= 11 is 0. The summed E-state index contributed by atoms with van der Waals surface area (Å²) in [5.41, 5.74) is 0. The van der Waals surface area contributed by atoms with Crippen molar-refractivity contribution in [2.75, 3.05) is 19.6 Å². The average Bonchev–Trinajstić information content (AvgIpc) is 2.45. The highest BCUT2D eigenvalue weighted by molar-refractivity contribution is 4.69. The van der Waals surface area contributed by atoms with Crippen LogP contribution in [0.5, 0.6) is 0 Å². The van der Waals surface area contributed by atoms with Crippen molar-refractivity contribution in [2.24, 2.45) is 11.8 Å². The second-order valence-corrected chi connectivity index (χ2v) is 6.19. The quantitative estimate of drug-likeness (QED) is 0.412. The van der Waals surface area contributed by atoms with Crippen molar-refractivity contribution in [3.63, 3.8) is 0 Å². The van der Waals surface area contributed by atoms with Crippen LogP contribution in [0.25, 0.3) is 0 Å². The van der Waals surface area contributed by atoms with E-state index in [1.165, 1.54) is 71.0 Å². The van der Waals surface area contributed by atoms with E-state index in [1.807, 2.05) is 0 Å². The fourth-order valence-corrected chi connectivity index (χ4v) is 2.90. The third kappa shape index (κ3) is 9.49. The minimum absolute atomic E-state index is 0.920. The van der Waals surface area contributed by atoms with E-state index >= 15 is 0 Å². The Kier molecular flexibility index (Phi) is 12.9. The van der Waals surface area contributed by atoms with Gasteiger partial charge in [-0.1, -0.05) is 73.1 Å². The molecule has 1 heteroatoms. The second kappa shape index (κ2) is 13.0. The van der Waals surface area contributed by atoms with E-state index < -0.39 is 0 Å². The molecule has 116 valence electrons. The Morgan fingerprint density at radius 2 is 1.11 bits per heavy atom. The van der Waals surface area contributed by atoms with Gasteiger partial charge < -0.3 is 4.90 Å². The van der Waals surface area contributed by atoms with Crippen molar-refractivity contribution in [2.45, 2.75) is 86.0 Å². The van der Waals surface area contributed by atoms with Crippen LogP contribution < -0.4 is 0 Å². The van der Waals surface area contributed by atoms with E-state index in [-0.39, 0.29) is 0 Å². The zero-order valence-corrected chi connectivity index (χ0v) is 14.4. The molecule has 0 aliphatic rings. The van der Waals surface area contributed by atoms with E-state index in [4.69, 9.17) is 0 Å². The summed E-state index contributed by atoms with van der Waals surface area (Å²) in [6, 6.07) is 0. The van der Waals surface area contributed by atoms with Gasteiger partial charge in [0.1, 0.15) is 0 Å². The van der Waals surface area contributed by atoms with E-state index in [0.29, 0.717) is 0 Å². The zero-order chi connectivity index (χ0) is 14.5. The van der Waals surface area contributed by atoms with Crippen molar-refractivity contribution in [3.05, 3.63) is 0 Å². The Morgan fingerprint density at radius 1 is 0.684 bits per heavy atom. The molecule has 0 saturated heterocycles. The van der Waals surface area contributed by atoms with Crippen molar-refractivity contribution >= 4 is 0 Å². The van der Waals surface area contributed by atoms with E-state index in [9.17, 15) is 0 Å². The van der Waals surface area contributed by atoms with Gasteiger partial charge in [-0.05, 0) is 31.2 Å². The molecule has 0 radical (unpaired) electrons. The first-order chi connectivity index (χ1) is 9.21. The summed E-state index contributed by atoms with van der Waals surface area (Å²) in [6.07, 6.45) is 11.1. The highest BCUT2D eigenvalue weighted by atomic mass is 15.1. The van der Waals surface area contributed by atoms with Gasteiger partial charge in [0.05, 0.1) is 0 Å². The first-order valence-corrected chi connectivity index (χ1v) is 8.93. The van der Waals surface area contributed by atoms with Gasteiger partial charge in [-0.3, -0.25) is 0 Å². The summed E-state index contributed by atoms with van der Waals surface area (Å²) in [4.78, 5) is 2.72. The molecule has 0 spiro atoms. The highest BCUT2D eigenvalue weighted by Crippen LogP contribution is 2.18. The monoisotopic (exact) mass is 269 g/mol. The van der Waals surface area contributed by atoms with Gasteiger partial charge in [0.25, 0.3) is 0 Å². The van der Waals surface area contributed by atoms with E-state index in [0.717, 1.165) is 11.8 Å². The number of hydrogen-bond acceptors (Lipinski definition) is 1. The fraction of sp³-hybridized carbons (Fsp3) is 1.00. The van der Waals surface area contributed by atoms with Crippen molar-refractivity contribution in [1.29, 1.82) is 0 Å². The Bertz CT molecular complexity index is 161. The maximum Gasteiger partial charge on any atom is 0.000955 e. The van der Waals surface area contributed by atoms with Gasteiger partial charge in [0.15, 0.2) is 0 Å². The van der Waals surface area contributed by atoms with Gasteiger partial charge in [-0.15, -0.1) is 0 Å². The predicted octanol–water partition coefficient (Wildman–Crippen LogP) is 5.74. The molecule has 2 atom stereocenters. The first kappa shape index (κ1) is 19.0. The Balaban J connectivity index is 4.14. The summed E-state index contributed by atoms with van der Waals surface area (Å²) in [7, 11) is 0. The Labute approximate surface area is 123 Å². The summed E-state index contributed by atoms with van der Waals surface area (Å²) in [5.74, 6) is 1.84. The Hall–Kier alpha value is -0.0400. The molecule has 0 aromatic carbocycles. The molecule has 0 rings (SSSR count). The molecule has 0 heterocycles. The maximum atomic E-state index is 2.72. The van der Waals surface area contributed by atoms with Crippen molar-refractivity contribution < 1.29 is 0 Å². The maximum absolute atomic E-state index is 2.72. The molecule has 0 N–H and O–H groups in total. The lowest BCUT2D eigenvalue weighted by Gasteiger charge is -2.29. The second-order valence-electron chi connectivity index (χ2n) is 6.19. The molecule has 0 fully saturated rings. The highest BCUT2D eigenvalue weighted by Gasteiger charge is 2.15. The molecule has 0 aromatic heterocycles. The topological polar surface area (TPSA) is 3.24 Å². The third-order valence-electron chi connectivity index (χ3n) is 4.57. The molecule has 0 amide bonds. The molecule has 0 saturated carbocycles. The molecule has 1 nitrogen and oxygen atoms in total. The fourth-order valence-electron chi connectivity index (χ4n) is 2.90. The molecular formula is C18H39N. The standard InChI is InChI=1S/C18H39N/c1-6-11-13-17(8-3)15-19(10-5)16-18(9-4)14-12-7-2/h17-18H,6-16H2,1-5H3. The van der Waals surface area contributed by atoms with Crippen LogP contribution in [0.1, 0.15) is 86.0 Å². The zero-order valence-electron chi connectivity index (χ0n) is 14.4. The Morgan fingerprint density at radius 3 is 1.37 bits per heavy atom. The molecule has 0 aliphatic heterocycles. The van der Waals surface area contributed by atoms with Crippen LogP contribution in [0.3, 0.4) is 0 Å². The predicted molar refractivity (Wildman–Crippen MR) is 88.7 cm³/mol. The van der Waals surface area contributed by atoms with Crippen LogP contribution in [-0.2, 0) is 0 Å². The molecular weight excluding hydrogens is 230 g/mol.